The second-order valence-corrected chi connectivity index (χ2v) is 7.76. The number of hydrogen-bond acceptors (Lipinski definition) is 9. The minimum atomic E-state index is -5.07. The van der Waals surface area contributed by atoms with Crippen molar-refractivity contribution in [2.45, 2.75) is 44.1 Å². The molecule has 0 bridgehead atoms. The molecule has 5 atom stereocenters. The summed E-state index contributed by atoms with van der Waals surface area (Å²) in [4.78, 5) is 11.6. The minimum absolute atomic E-state index is 0.118. The maximum atomic E-state index is 11.6. The van der Waals surface area contributed by atoms with Crippen LogP contribution in [0.5, 0.6) is 11.5 Å². The van der Waals surface area contributed by atoms with Gasteiger partial charge in [-0.25, -0.2) is 8.98 Å². The lowest BCUT2D eigenvalue weighted by Crippen LogP contribution is -2.64. The van der Waals surface area contributed by atoms with Crippen LogP contribution in [-0.2, 0) is 24.1 Å². The number of hydrogen-bond donors (Lipinski definition) is 4. The quantitative estimate of drug-likeness (QED) is 0.430. The highest BCUT2D eigenvalue weighted by Gasteiger charge is 2.56. The zero-order chi connectivity index (χ0) is 21.3. The third kappa shape index (κ3) is 5.31. The lowest BCUT2D eigenvalue weighted by atomic mass is 9.78. The maximum Gasteiger partial charge on any atom is 0.397 e. The molecule has 1 saturated heterocycles. The molecule has 0 aliphatic carbocycles. The number of benzene rings is 1. The van der Waals surface area contributed by atoms with Gasteiger partial charge in [-0.2, -0.15) is 8.42 Å². The molecule has 28 heavy (non-hydrogen) atoms. The van der Waals surface area contributed by atoms with E-state index in [0.29, 0.717) is 5.75 Å². The first kappa shape index (κ1) is 22.3. The van der Waals surface area contributed by atoms with Crippen LogP contribution in [0.3, 0.4) is 0 Å². The fourth-order valence-corrected chi connectivity index (χ4v) is 3.46. The number of methoxy groups -OCH3 is 1. The molecule has 1 aromatic rings. The molecule has 0 spiro atoms. The molecule has 0 radical (unpaired) electrons. The summed E-state index contributed by atoms with van der Waals surface area (Å²) < 4.78 is 51.7. The molecule has 4 N–H and O–H groups in total. The monoisotopic (exact) mass is 422 g/mol. The van der Waals surface area contributed by atoms with E-state index < -0.39 is 52.5 Å². The fourth-order valence-electron chi connectivity index (χ4n) is 2.98. The Bertz CT molecular complexity index is 784. The van der Waals surface area contributed by atoms with Crippen molar-refractivity contribution in [2.75, 3.05) is 7.11 Å². The van der Waals surface area contributed by atoms with Crippen molar-refractivity contribution in [1.82, 2.24) is 0 Å². The first-order valence-electron chi connectivity index (χ1n) is 8.08. The molecule has 1 aromatic carbocycles. The van der Waals surface area contributed by atoms with Crippen molar-refractivity contribution in [2.24, 2.45) is 5.92 Å². The zero-order valence-electron chi connectivity index (χ0n) is 15.3. The molecule has 1 aliphatic heterocycles. The van der Waals surface area contributed by atoms with Crippen LogP contribution in [0.25, 0.3) is 0 Å². The molecule has 0 amide bonds. The number of rotatable bonds is 7. The number of aliphatic carboxylic acids is 1. The Kier molecular flexibility index (Phi) is 6.53. The number of carbonyl (C=O) groups is 1. The Morgan fingerprint density at radius 2 is 1.71 bits per heavy atom. The van der Waals surface area contributed by atoms with Crippen molar-refractivity contribution < 1.29 is 51.5 Å². The Hall–Kier alpha value is -1.96. The highest BCUT2D eigenvalue weighted by atomic mass is 32.3. The second kappa shape index (κ2) is 8.19. The molecule has 12 heteroatoms. The average Bonchev–Trinajstić information content (AvgIpc) is 2.56. The molecule has 2 rings (SSSR count). The van der Waals surface area contributed by atoms with Crippen molar-refractivity contribution in [3.8, 4) is 11.5 Å². The lowest BCUT2D eigenvalue weighted by molar-refractivity contribution is -0.273. The smallest absolute Gasteiger partial charge is 0.397 e. The van der Waals surface area contributed by atoms with Gasteiger partial charge in [-0.1, -0.05) is 0 Å². The van der Waals surface area contributed by atoms with Gasteiger partial charge in [0.15, 0.2) is 12.2 Å². The summed E-state index contributed by atoms with van der Waals surface area (Å²) in [5.41, 5.74) is -1.80. The number of ether oxygens (including phenoxy) is 3. The largest absolute Gasteiger partial charge is 0.497 e. The van der Waals surface area contributed by atoms with E-state index in [0.717, 1.165) is 0 Å². The third-order valence-corrected chi connectivity index (χ3v) is 4.65. The molecular weight excluding hydrogens is 400 g/mol. The first-order chi connectivity index (χ1) is 12.8. The summed E-state index contributed by atoms with van der Waals surface area (Å²) in [6.07, 6.45) is -7.21. The van der Waals surface area contributed by atoms with Gasteiger partial charge in [0.1, 0.15) is 11.5 Å². The average molecular weight is 422 g/mol. The first-order valence-corrected chi connectivity index (χ1v) is 9.45. The lowest BCUT2D eigenvalue weighted by Gasteiger charge is -2.46. The predicted octanol–water partition coefficient (Wildman–Crippen LogP) is -0.180. The number of carboxylic acids is 1. The van der Waals surface area contributed by atoms with Gasteiger partial charge < -0.3 is 29.5 Å². The van der Waals surface area contributed by atoms with Crippen LogP contribution in [0.2, 0.25) is 0 Å². The molecular formula is C16H22O11S. The standard InChI is InChI=1S/C16H22O11S/c1-16(2,20)10-11(17)13(27-28(21,22)23)15(26-12(10)14(18)19)25-9-6-4-8(24-3)5-7-9/h4-7,10-13,15,17,20H,1-3H3,(H,18,19)(H,21,22,23)/t10-,11?,12?,13-,15+/m0/s1. The van der Waals surface area contributed by atoms with Crippen LogP contribution in [0.1, 0.15) is 13.8 Å². The predicted molar refractivity (Wildman–Crippen MR) is 92.1 cm³/mol. The Labute approximate surface area is 161 Å². The Morgan fingerprint density at radius 3 is 2.14 bits per heavy atom. The molecule has 1 aliphatic rings. The van der Waals surface area contributed by atoms with E-state index in [2.05, 4.69) is 4.18 Å². The van der Waals surface area contributed by atoms with Crippen LogP contribution in [-0.4, -0.2) is 71.6 Å². The van der Waals surface area contributed by atoms with Crippen LogP contribution >= 0.6 is 0 Å². The summed E-state index contributed by atoms with van der Waals surface area (Å²) in [5.74, 6) is -2.40. The van der Waals surface area contributed by atoms with Gasteiger partial charge in [-0.15, -0.1) is 0 Å². The number of aliphatic hydroxyl groups is 2. The van der Waals surface area contributed by atoms with E-state index in [1.54, 1.807) is 0 Å². The SMILES string of the molecule is COc1ccc(O[C@@H]2OC(C(=O)O)[C@@H](C(C)(C)O)C(O)[C@@H]2OS(=O)(=O)O)cc1. The van der Waals surface area contributed by atoms with Gasteiger partial charge in [0.05, 0.1) is 24.7 Å². The molecule has 1 fully saturated rings. The Balaban J connectivity index is 2.40. The van der Waals surface area contributed by atoms with Gasteiger partial charge in [-0.05, 0) is 38.1 Å². The minimum Gasteiger partial charge on any atom is -0.497 e. The molecule has 11 nitrogen and oxygen atoms in total. The molecule has 158 valence electrons. The van der Waals surface area contributed by atoms with E-state index in [-0.39, 0.29) is 5.75 Å². The Morgan fingerprint density at radius 1 is 1.18 bits per heavy atom. The van der Waals surface area contributed by atoms with Crippen LogP contribution in [0, 0.1) is 5.92 Å². The molecule has 1 heterocycles. The van der Waals surface area contributed by atoms with Gasteiger partial charge in [0, 0.05) is 0 Å². The topological polar surface area (TPSA) is 169 Å². The highest BCUT2D eigenvalue weighted by molar-refractivity contribution is 7.80. The van der Waals surface area contributed by atoms with Gasteiger partial charge in [-0.3, -0.25) is 4.55 Å². The number of aliphatic hydroxyl groups excluding tert-OH is 1. The summed E-state index contributed by atoms with van der Waals surface area (Å²) in [7, 11) is -3.62. The van der Waals surface area contributed by atoms with Crippen LogP contribution < -0.4 is 9.47 Å². The van der Waals surface area contributed by atoms with Crippen molar-refractivity contribution in [3.63, 3.8) is 0 Å². The summed E-state index contributed by atoms with van der Waals surface area (Å²) in [5, 5.41) is 30.3. The molecule has 2 unspecified atom stereocenters. The van der Waals surface area contributed by atoms with Gasteiger partial charge in [0.2, 0.25) is 6.29 Å². The molecule has 0 saturated carbocycles. The second-order valence-electron chi connectivity index (χ2n) is 6.72. The van der Waals surface area contributed by atoms with E-state index in [1.807, 2.05) is 0 Å². The summed E-state index contributed by atoms with van der Waals surface area (Å²) in [6, 6.07) is 5.89. The van der Waals surface area contributed by atoms with E-state index in [9.17, 15) is 28.5 Å². The van der Waals surface area contributed by atoms with Crippen LogP contribution in [0.4, 0.5) is 0 Å². The van der Waals surface area contributed by atoms with Crippen molar-refractivity contribution >= 4 is 16.4 Å². The summed E-state index contributed by atoms with van der Waals surface area (Å²) >= 11 is 0. The maximum absolute atomic E-state index is 11.6. The van der Waals surface area contributed by atoms with Crippen molar-refractivity contribution in [3.05, 3.63) is 24.3 Å². The zero-order valence-corrected chi connectivity index (χ0v) is 16.1. The normalized spacial score (nSPS) is 28.6. The van der Waals surface area contributed by atoms with E-state index >= 15 is 0 Å². The van der Waals surface area contributed by atoms with Gasteiger partial charge in [0.25, 0.3) is 0 Å². The molecule has 0 aromatic heterocycles. The van der Waals surface area contributed by atoms with E-state index in [1.165, 1.54) is 45.2 Å². The third-order valence-electron chi connectivity index (χ3n) is 4.18. The number of carboxylic acid groups (broad SMARTS) is 1. The van der Waals surface area contributed by atoms with E-state index in [4.69, 9.17) is 18.8 Å². The van der Waals surface area contributed by atoms with Crippen molar-refractivity contribution in [1.29, 1.82) is 0 Å². The summed E-state index contributed by atoms with van der Waals surface area (Å²) in [6.45, 7) is 2.44. The fraction of sp³-hybridized carbons (Fsp3) is 0.562. The van der Waals surface area contributed by atoms with Gasteiger partial charge >= 0.3 is 16.4 Å². The van der Waals surface area contributed by atoms with Crippen LogP contribution in [0.15, 0.2) is 24.3 Å². The highest BCUT2D eigenvalue weighted by Crippen LogP contribution is 2.37.